The maximum Gasteiger partial charge on any atom is 0.235 e. The summed E-state index contributed by atoms with van der Waals surface area (Å²) in [5, 5.41) is 0. The Kier molecular flexibility index (Phi) is 2.14. The molecule has 86 valence electrons. The van der Waals surface area contributed by atoms with Crippen molar-refractivity contribution in [1.29, 1.82) is 0 Å². The highest BCUT2D eigenvalue weighted by Gasteiger charge is 2.61. The molecule has 0 aliphatic carbocycles. The van der Waals surface area contributed by atoms with Gasteiger partial charge in [0.2, 0.25) is 11.8 Å². The van der Waals surface area contributed by atoms with Crippen molar-refractivity contribution in [1.82, 2.24) is 4.90 Å². The Morgan fingerprint density at radius 3 is 2.31 bits per heavy atom. The van der Waals surface area contributed by atoms with Crippen molar-refractivity contribution in [2.75, 3.05) is 6.54 Å². The lowest BCUT2D eigenvalue weighted by Crippen LogP contribution is -2.34. The maximum atomic E-state index is 12.1. The van der Waals surface area contributed by atoms with Crippen LogP contribution in [0.4, 0.5) is 0 Å². The quantitative estimate of drug-likeness (QED) is 0.521. The van der Waals surface area contributed by atoms with Crippen molar-refractivity contribution in [3.05, 3.63) is 12.7 Å². The van der Waals surface area contributed by atoms with Gasteiger partial charge in [-0.15, -0.1) is 6.58 Å². The van der Waals surface area contributed by atoms with Gasteiger partial charge < -0.3 is 4.74 Å². The third-order valence-corrected chi connectivity index (χ3v) is 3.93. The van der Waals surface area contributed by atoms with Gasteiger partial charge in [-0.1, -0.05) is 6.08 Å². The SMILES string of the molecule is C=CCCN1C(=O)[C@@H]2[C@H](C1=O)[C@@H]1CC[C@H]2O1. The second-order valence-electron chi connectivity index (χ2n) is 4.75. The van der Waals surface area contributed by atoms with Crippen LogP contribution < -0.4 is 0 Å². The highest BCUT2D eigenvalue weighted by Crippen LogP contribution is 2.48. The lowest BCUT2D eigenvalue weighted by molar-refractivity contribution is -0.142. The van der Waals surface area contributed by atoms with E-state index in [0.29, 0.717) is 13.0 Å². The molecule has 0 spiro atoms. The van der Waals surface area contributed by atoms with Crippen molar-refractivity contribution in [2.24, 2.45) is 11.8 Å². The molecule has 3 heterocycles. The molecule has 0 aromatic rings. The number of amides is 2. The van der Waals surface area contributed by atoms with Crippen LogP contribution in [0.25, 0.3) is 0 Å². The Morgan fingerprint density at radius 1 is 1.25 bits per heavy atom. The molecule has 4 heteroatoms. The molecule has 16 heavy (non-hydrogen) atoms. The number of likely N-dealkylation sites (tertiary alicyclic amines) is 1. The van der Waals surface area contributed by atoms with E-state index in [2.05, 4.69) is 6.58 Å². The number of nitrogens with zero attached hydrogens (tertiary/aromatic N) is 1. The minimum atomic E-state index is -0.184. The predicted octanol–water partition coefficient (Wildman–Crippen LogP) is 0.725. The van der Waals surface area contributed by atoms with Gasteiger partial charge in [0.1, 0.15) is 0 Å². The molecular formula is C12H15NO3. The number of ether oxygens (including phenoxy) is 1. The number of carbonyl (C=O) groups is 2. The molecule has 0 aromatic carbocycles. The molecular weight excluding hydrogens is 206 g/mol. The summed E-state index contributed by atoms with van der Waals surface area (Å²) in [6.45, 7) is 4.09. The van der Waals surface area contributed by atoms with E-state index in [9.17, 15) is 9.59 Å². The molecule has 0 N–H and O–H groups in total. The molecule has 0 aromatic heterocycles. The molecule has 3 fully saturated rings. The normalized spacial score (nSPS) is 40.6. The van der Waals surface area contributed by atoms with Gasteiger partial charge in [-0.25, -0.2) is 0 Å². The summed E-state index contributed by atoms with van der Waals surface area (Å²) in [5.41, 5.74) is 0. The molecule has 4 nitrogen and oxygen atoms in total. The topological polar surface area (TPSA) is 46.6 Å². The second kappa shape index (κ2) is 3.42. The van der Waals surface area contributed by atoms with E-state index >= 15 is 0 Å². The standard InChI is InChI=1S/C12H15NO3/c1-2-3-6-13-11(14)9-7-4-5-8(16-7)10(9)12(13)15/h2,7-10H,1,3-6H2/t7-,8+,9+,10-. The monoisotopic (exact) mass is 221 g/mol. The van der Waals surface area contributed by atoms with Crippen LogP contribution in [0.5, 0.6) is 0 Å². The zero-order valence-corrected chi connectivity index (χ0v) is 9.09. The number of imide groups is 1. The summed E-state index contributed by atoms with van der Waals surface area (Å²) in [4.78, 5) is 25.6. The Morgan fingerprint density at radius 2 is 1.81 bits per heavy atom. The van der Waals surface area contributed by atoms with Gasteiger partial charge in [0.25, 0.3) is 0 Å². The van der Waals surface area contributed by atoms with Crippen molar-refractivity contribution >= 4 is 11.8 Å². The molecule has 3 saturated heterocycles. The first kappa shape index (κ1) is 10.0. The van der Waals surface area contributed by atoms with E-state index in [0.717, 1.165) is 12.8 Å². The molecule has 2 bridgehead atoms. The fraction of sp³-hybridized carbons (Fsp3) is 0.667. The first-order valence-electron chi connectivity index (χ1n) is 5.85. The molecule has 0 radical (unpaired) electrons. The van der Waals surface area contributed by atoms with Crippen LogP contribution in [0.2, 0.25) is 0 Å². The maximum absolute atomic E-state index is 12.1. The molecule has 0 unspecified atom stereocenters. The molecule has 4 atom stereocenters. The van der Waals surface area contributed by atoms with Crippen molar-refractivity contribution in [2.45, 2.75) is 31.5 Å². The molecule has 3 aliphatic rings. The van der Waals surface area contributed by atoms with E-state index in [1.54, 1.807) is 6.08 Å². The Bertz CT molecular complexity index is 337. The van der Waals surface area contributed by atoms with Gasteiger partial charge >= 0.3 is 0 Å². The third kappa shape index (κ3) is 1.13. The van der Waals surface area contributed by atoms with Gasteiger partial charge in [0.15, 0.2) is 0 Å². The minimum absolute atomic E-state index is 0.000168. The molecule has 2 amide bonds. The zero-order valence-electron chi connectivity index (χ0n) is 9.09. The van der Waals surface area contributed by atoms with Crippen LogP contribution in [0.3, 0.4) is 0 Å². The summed E-state index contributed by atoms with van der Waals surface area (Å²) >= 11 is 0. The van der Waals surface area contributed by atoms with Crippen LogP contribution in [0.1, 0.15) is 19.3 Å². The lowest BCUT2D eigenvalue weighted by atomic mass is 9.81. The number of hydrogen-bond donors (Lipinski definition) is 0. The van der Waals surface area contributed by atoms with Gasteiger partial charge in [-0.3, -0.25) is 14.5 Å². The highest BCUT2D eigenvalue weighted by atomic mass is 16.5. The number of rotatable bonds is 3. The van der Waals surface area contributed by atoms with Crippen molar-refractivity contribution < 1.29 is 14.3 Å². The van der Waals surface area contributed by atoms with Crippen molar-refractivity contribution in [3.63, 3.8) is 0 Å². The Hall–Kier alpha value is -1.16. The van der Waals surface area contributed by atoms with Gasteiger partial charge in [-0.2, -0.15) is 0 Å². The van der Waals surface area contributed by atoms with Crippen LogP contribution >= 0.6 is 0 Å². The van der Waals surface area contributed by atoms with E-state index in [1.807, 2.05) is 0 Å². The zero-order chi connectivity index (χ0) is 11.3. The van der Waals surface area contributed by atoms with E-state index in [-0.39, 0.29) is 35.9 Å². The first-order chi connectivity index (χ1) is 7.74. The predicted molar refractivity (Wildman–Crippen MR) is 56.4 cm³/mol. The van der Waals surface area contributed by atoms with Gasteiger partial charge in [-0.05, 0) is 19.3 Å². The molecule has 3 rings (SSSR count). The van der Waals surface area contributed by atoms with Crippen LogP contribution in [-0.2, 0) is 14.3 Å². The largest absolute Gasteiger partial charge is 0.373 e. The van der Waals surface area contributed by atoms with E-state index < -0.39 is 0 Å². The highest BCUT2D eigenvalue weighted by molar-refractivity contribution is 6.06. The summed E-state index contributed by atoms with van der Waals surface area (Å²) in [7, 11) is 0. The average Bonchev–Trinajstić information content (AvgIpc) is 2.92. The third-order valence-electron chi connectivity index (χ3n) is 3.93. The van der Waals surface area contributed by atoms with Gasteiger partial charge in [0, 0.05) is 6.54 Å². The average molecular weight is 221 g/mol. The number of carbonyl (C=O) groups excluding carboxylic acids is 2. The van der Waals surface area contributed by atoms with Crippen LogP contribution in [0, 0.1) is 11.8 Å². The van der Waals surface area contributed by atoms with E-state index in [4.69, 9.17) is 4.74 Å². The summed E-state index contributed by atoms with van der Waals surface area (Å²) in [5.74, 6) is -0.416. The lowest BCUT2D eigenvalue weighted by Gasteiger charge is -2.16. The summed E-state index contributed by atoms with van der Waals surface area (Å²) in [6, 6.07) is 0. The Balaban J connectivity index is 1.83. The molecule has 0 saturated carbocycles. The summed E-state index contributed by atoms with van der Waals surface area (Å²) < 4.78 is 5.64. The van der Waals surface area contributed by atoms with Crippen molar-refractivity contribution in [3.8, 4) is 0 Å². The van der Waals surface area contributed by atoms with Crippen LogP contribution in [0.15, 0.2) is 12.7 Å². The van der Waals surface area contributed by atoms with Gasteiger partial charge in [0.05, 0.1) is 24.0 Å². The Labute approximate surface area is 94.2 Å². The molecule has 3 aliphatic heterocycles. The van der Waals surface area contributed by atoms with E-state index in [1.165, 1.54) is 4.90 Å². The first-order valence-corrected chi connectivity index (χ1v) is 5.85. The second-order valence-corrected chi connectivity index (χ2v) is 4.75. The van der Waals surface area contributed by atoms with Crippen LogP contribution in [-0.4, -0.2) is 35.5 Å². The number of hydrogen-bond acceptors (Lipinski definition) is 3. The summed E-state index contributed by atoms with van der Waals surface area (Å²) in [6.07, 6.45) is 4.27. The minimum Gasteiger partial charge on any atom is -0.373 e. The smallest absolute Gasteiger partial charge is 0.235 e. The fourth-order valence-electron chi connectivity index (χ4n) is 3.21. The number of fused-ring (bicyclic) bond motifs is 5. The fourth-order valence-corrected chi connectivity index (χ4v) is 3.21.